The molecule has 0 aliphatic rings. The van der Waals surface area contributed by atoms with E-state index in [4.69, 9.17) is 0 Å². The van der Waals surface area contributed by atoms with Crippen molar-refractivity contribution in [2.45, 2.75) is 33.2 Å². The van der Waals surface area contributed by atoms with Crippen LogP contribution in [0, 0.1) is 5.92 Å². The third kappa shape index (κ3) is 5.15. The second kappa shape index (κ2) is 6.16. The van der Waals surface area contributed by atoms with Crippen LogP contribution in [0.5, 0.6) is 0 Å². The van der Waals surface area contributed by atoms with Crippen LogP contribution in [0.1, 0.15) is 27.2 Å². The molecule has 2 atom stereocenters. The summed E-state index contributed by atoms with van der Waals surface area (Å²) in [5.74, 6) is -0.915. The summed E-state index contributed by atoms with van der Waals surface area (Å²) in [5, 5.41) is 4.96. The van der Waals surface area contributed by atoms with Gasteiger partial charge in [-0.15, -0.1) is 0 Å². The lowest BCUT2D eigenvalue weighted by molar-refractivity contribution is -0.130. The van der Waals surface area contributed by atoms with Gasteiger partial charge in [-0.1, -0.05) is 6.92 Å². The van der Waals surface area contributed by atoms with E-state index in [1.165, 1.54) is 14.0 Å². The van der Waals surface area contributed by atoms with Gasteiger partial charge in [0, 0.05) is 26.3 Å². The Morgan fingerprint density at radius 1 is 1.20 bits per heavy atom. The molecule has 0 aromatic heterocycles. The third-order valence-corrected chi connectivity index (χ3v) is 2.10. The van der Waals surface area contributed by atoms with E-state index in [-0.39, 0.29) is 29.9 Å². The van der Waals surface area contributed by atoms with Crippen LogP contribution in [-0.4, -0.2) is 30.7 Å². The van der Waals surface area contributed by atoms with Crippen molar-refractivity contribution in [3.63, 3.8) is 0 Å². The largest absolute Gasteiger partial charge is 0.359 e. The molecule has 0 rings (SSSR count). The molecule has 2 amide bonds. The number of carbonyl (C=O) groups excluding carboxylic acids is 3. The molecule has 0 saturated carbocycles. The molecule has 0 radical (unpaired) electrons. The predicted octanol–water partition coefficient (Wildman–Crippen LogP) is -0.148. The molecule has 0 aliphatic heterocycles. The lowest BCUT2D eigenvalue weighted by Crippen LogP contribution is -2.39. The van der Waals surface area contributed by atoms with Gasteiger partial charge < -0.3 is 10.6 Å². The van der Waals surface area contributed by atoms with Gasteiger partial charge in [0.1, 0.15) is 0 Å². The smallest absolute Gasteiger partial charge is 0.223 e. The van der Waals surface area contributed by atoms with Gasteiger partial charge in [-0.25, -0.2) is 0 Å². The van der Waals surface area contributed by atoms with Gasteiger partial charge in [0.25, 0.3) is 0 Å². The molecule has 0 heterocycles. The van der Waals surface area contributed by atoms with E-state index in [9.17, 15) is 14.4 Å². The fourth-order valence-electron chi connectivity index (χ4n) is 1.20. The summed E-state index contributed by atoms with van der Waals surface area (Å²) in [5.41, 5.74) is 0. The minimum Gasteiger partial charge on any atom is -0.359 e. The number of Topliss-reactive ketones (excluding diaryl/α,β-unsaturated/α-hetero) is 1. The Morgan fingerprint density at radius 2 is 1.73 bits per heavy atom. The van der Waals surface area contributed by atoms with E-state index in [0.717, 1.165) is 0 Å². The van der Waals surface area contributed by atoms with Crippen LogP contribution in [0.3, 0.4) is 0 Å². The first-order valence-electron chi connectivity index (χ1n) is 4.89. The lowest BCUT2D eigenvalue weighted by atomic mass is 10.0. The normalized spacial score (nSPS) is 13.9. The first-order chi connectivity index (χ1) is 6.88. The van der Waals surface area contributed by atoms with Crippen molar-refractivity contribution in [1.82, 2.24) is 10.6 Å². The standard InChI is InChI=1S/C10H18N2O3/c1-6(10(15)11-4)5-9(14)7(2)12-8(3)13/h6-7H,5H2,1-4H3,(H,11,15)(H,12,13). The van der Waals surface area contributed by atoms with Gasteiger partial charge in [0.05, 0.1) is 6.04 Å². The average Bonchev–Trinajstić information content (AvgIpc) is 2.15. The number of hydrogen-bond acceptors (Lipinski definition) is 3. The molecule has 15 heavy (non-hydrogen) atoms. The molecule has 0 aliphatic carbocycles. The first kappa shape index (κ1) is 13.6. The Hall–Kier alpha value is -1.39. The van der Waals surface area contributed by atoms with Crippen LogP contribution in [0.4, 0.5) is 0 Å². The Kier molecular flexibility index (Phi) is 5.59. The van der Waals surface area contributed by atoms with Crippen LogP contribution in [0.25, 0.3) is 0 Å². The summed E-state index contributed by atoms with van der Waals surface area (Å²) in [6.07, 6.45) is 0.140. The zero-order valence-corrected chi connectivity index (χ0v) is 9.59. The number of amides is 2. The third-order valence-electron chi connectivity index (χ3n) is 2.10. The summed E-state index contributed by atoms with van der Waals surface area (Å²) < 4.78 is 0. The van der Waals surface area contributed by atoms with E-state index >= 15 is 0 Å². The first-order valence-corrected chi connectivity index (χ1v) is 4.89. The number of nitrogens with one attached hydrogen (secondary N) is 2. The van der Waals surface area contributed by atoms with Gasteiger partial charge in [0.15, 0.2) is 5.78 Å². The van der Waals surface area contributed by atoms with Crippen molar-refractivity contribution in [2.24, 2.45) is 5.92 Å². The maximum absolute atomic E-state index is 11.5. The van der Waals surface area contributed by atoms with Crippen molar-refractivity contribution in [3.05, 3.63) is 0 Å². The van der Waals surface area contributed by atoms with Crippen molar-refractivity contribution in [2.75, 3.05) is 7.05 Å². The Morgan fingerprint density at radius 3 is 2.13 bits per heavy atom. The lowest BCUT2D eigenvalue weighted by Gasteiger charge is -2.14. The summed E-state index contributed by atoms with van der Waals surface area (Å²) in [6, 6.07) is -0.533. The quantitative estimate of drug-likeness (QED) is 0.668. The molecule has 0 fully saturated rings. The van der Waals surface area contributed by atoms with Gasteiger partial charge in [-0.05, 0) is 6.92 Å². The van der Waals surface area contributed by atoms with Crippen LogP contribution in [0.2, 0.25) is 0 Å². The van der Waals surface area contributed by atoms with Crippen molar-refractivity contribution >= 4 is 17.6 Å². The number of hydrogen-bond donors (Lipinski definition) is 2. The number of carbonyl (C=O) groups is 3. The maximum atomic E-state index is 11.5. The van der Waals surface area contributed by atoms with Crippen molar-refractivity contribution in [1.29, 1.82) is 0 Å². The van der Waals surface area contributed by atoms with Crippen LogP contribution in [-0.2, 0) is 14.4 Å². The van der Waals surface area contributed by atoms with E-state index in [1.807, 2.05) is 0 Å². The highest BCUT2D eigenvalue weighted by Gasteiger charge is 2.20. The second-order valence-electron chi connectivity index (χ2n) is 3.61. The maximum Gasteiger partial charge on any atom is 0.223 e. The van der Waals surface area contributed by atoms with E-state index in [2.05, 4.69) is 10.6 Å². The molecule has 0 aromatic carbocycles. The average molecular weight is 214 g/mol. The zero-order chi connectivity index (χ0) is 12.0. The summed E-state index contributed by atoms with van der Waals surface area (Å²) >= 11 is 0. The van der Waals surface area contributed by atoms with E-state index in [0.29, 0.717) is 0 Å². The van der Waals surface area contributed by atoms with Gasteiger partial charge >= 0.3 is 0 Å². The number of rotatable bonds is 5. The highest BCUT2D eigenvalue weighted by Crippen LogP contribution is 2.04. The van der Waals surface area contributed by atoms with Crippen LogP contribution >= 0.6 is 0 Å². The Labute approximate surface area is 89.6 Å². The molecule has 5 heteroatoms. The Bertz CT molecular complexity index is 263. The van der Waals surface area contributed by atoms with Crippen LogP contribution in [0.15, 0.2) is 0 Å². The summed E-state index contributed by atoms with van der Waals surface area (Å²) in [7, 11) is 1.53. The Balaban J connectivity index is 4.12. The molecular formula is C10H18N2O3. The molecule has 2 N–H and O–H groups in total. The molecule has 2 unspecified atom stereocenters. The van der Waals surface area contributed by atoms with Gasteiger partial charge in [-0.3, -0.25) is 14.4 Å². The molecule has 0 saturated heterocycles. The fraction of sp³-hybridized carbons (Fsp3) is 0.700. The van der Waals surface area contributed by atoms with Crippen LogP contribution < -0.4 is 10.6 Å². The topological polar surface area (TPSA) is 75.3 Å². The highest BCUT2D eigenvalue weighted by atomic mass is 16.2. The molecule has 86 valence electrons. The van der Waals surface area contributed by atoms with Crippen molar-refractivity contribution < 1.29 is 14.4 Å². The van der Waals surface area contributed by atoms with Gasteiger partial charge in [-0.2, -0.15) is 0 Å². The monoisotopic (exact) mass is 214 g/mol. The summed E-state index contributed by atoms with van der Waals surface area (Å²) in [4.78, 5) is 33.3. The zero-order valence-electron chi connectivity index (χ0n) is 9.59. The molecule has 0 bridgehead atoms. The van der Waals surface area contributed by atoms with Crippen molar-refractivity contribution in [3.8, 4) is 0 Å². The highest BCUT2D eigenvalue weighted by molar-refractivity contribution is 5.91. The predicted molar refractivity (Wildman–Crippen MR) is 56.1 cm³/mol. The van der Waals surface area contributed by atoms with Gasteiger partial charge in [0.2, 0.25) is 11.8 Å². The molecule has 5 nitrogen and oxygen atoms in total. The fourth-order valence-corrected chi connectivity index (χ4v) is 1.20. The minimum atomic E-state index is -0.533. The number of ketones is 1. The second-order valence-corrected chi connectivity index (χ2v) is 3.61. The van der Waals surface area contributed by atoms with E-state index < -0.39 is 6.04 Å². The summed E-state index contributed by atoms with van der Waals surface area (Å²) in [6.45, 7) is 4.64. The van der Waals surface area contributed by atoms with E-state index in [1.54, 1.807) is 13.8 Å². The minimum absolute atomic E-state index is 0.138. The SMILES string of the molecule is CNC(=O)C(C)CC(=O)C(C)NC(C)=O. The molecule has 0 aromatic rings. The molecule has 0 spiro atoms. The molecular weight excluding hydrogens is 196 g/mol.